The van der Waals surface area contributed by atoms with E-state index in [4.69, 9.17) is 0 Å². The van der Waals surface area contributed by atoms with Gasteiger partial charge in [0.1, 0.15) is 17.3 Å². The first-order valence-electron chi connectivity index (χ1n) is 13.2. The maximum atomic E-state index is 13.3. The molecule has 1 atom stereocenters. The number of Topliss-reactive ketones (excluding diaryl/α,β-unsaturated/α-hetero) is 2. The SMILES string of the molecule is O=C(Cc1nc2c(C(=O)CCC3CCCN(Cc4ncc[nH]4)C3)cccc2[nH]1)c1cc2ccccc2cn1. The Morgan fingerprint density at radius 3 is 2.76 bits per heavy atom. The van der Waals surface area contributed by atoms with Gasteiger partial charge >= 0.3 is 0 Å². The monoisotopic (exact) mass is 506 g/mol. The summed E-state index contributed by atoms with van der Waals surface area (Å²) in [6.45, 7) is 2.86. The summed E-state index contributed by atoms with van der Waals surface area (Å²) in [4.78, 5) is 48.4. The molecule has 1 aliphatic heterocycles. The van der Waals surface area contributed by atoms with Crippen LogP contribution in [-0.4, -0.2) is 54.5 Å². The molecule has 8 heteroatoms. The predicted molar refractivity (Wildman–Crippen MR) is 146 cm³/mol. The fourth-order valence-corrected chi connectivity index (χ4v) is 5.47. The largest absolute Gasteiger partial charge is 0.348 e. The number of likely N-dealkylation sites (tertiary alicyclic amines) is 1. The first-order valence-corrected chi connectivity index (χ1v) is 13.2. The zero-order chi connectivity index (χ0) is 25.9. The Hall–Kier alpha value is -4.17. The minimum atomic E-state index is -0.112. The Kier molecular flexibility index (Phi) is 6.79. The summed E-state index contributed by atoms with van der Waals surface area (Å²) in [5, 5.41) is 1.97. The van der Waals surface area contributed by atoms with Crippen LogP contribution in [0.5, 0.6) is 0 Å². The molecule has 6 rings (SSSR count). The zero-order valence-electron chi connectivity index (χ0n) is 21.2. The third-order valence-corrected chi connectivity index (χ3v) is 7.42. The normalized spacial score (nSPS) is 16.3. The number of piperidine rings is 1. The summed E-state index contributed by atoms with van der Waals surface area (Å²) in [5.74, 6) is 2.00. The van der Waals surface area contributed by atoms with E-state index >= 15 is 0 Å². The van der Waals surface area contributed by atoms with E-state index in [9.17, 15) is 9.59 Å². The lowest BCUT2D eigenvalue weighted by Crippen LogP contribution is -2.35. The lowest BCUT2D eigenvalue weighted by atomic mass is 9.91. The van der Waals surface area contributed by atoms with Gasteiger partial charge in [0.05, 0.1) is 24.0 Å². The molecule has 1 aliphatic rings. The van der Waals surface area contributed by atoms with Crippen LogP contribution in [0.2, 0.25) is 0 Å². The second-order valence-electron chi connectivity index (χ2n) is 10.1. The lowest BCUT2D eigenvalue weighted by molar-refractivity contribution is 0.0955. The summed E-state index contributed by atoms with van der Waals surface area (Å²) >= 11 is 0. The van der Waals surface area contributed by atoms with E-state index in [1.54, 1.807) is 12.4 Å². The van der Waals surface area contributed by atoms with Gasteiger partial charge in [-0.3, -0.25) is 19.5 Å². The third kappa shape index (κ3) is 5.26. The number of benzene rings is 2. The number of fused-ring (bicyclic) bond motifs is 2. The smallest absolute Gasteiger partial charge is 0.188 e. The van der Waals surface area contributed by atoms with E-state index < -0.39 is 0 Å². The molecule has 5 aromatic rings. The lowest BCUT2D eigenvalue weighted by Gasteiger charge is -2.32. The minimum absolute atomic E-state index is 0.0966. The average Bonchev–Trinajstić information content (AvgIpc) is 3.61. The van der Waals surface area contributed by atoms with Gasteiger partial charge < -0.3 is 9.97 Å². The molecule has 1 saturated heterocycles. The highest BCUT2D eigenvalue weighted by atomic mass is 16.1. The van der Waals surface area contributed by atoms with Crippen LogP contribution in [-0.2, 0) is 13.0 Å². The van der Waals surface area contributed by atoms with E-state index in [-0.39, 0.29) is 18.0 Å². The Morgan fingerprint density at radius 2 is 1.89 bits per heavy atom. The van der Waals surface area contributed by atoms with Crippen molar-refractivity contribution in [3.63, 3.8) is 0 Å². The van der Waals surface area contributed by atoms with Crippen molar-refractivity contribution < 1.29 is 9.59 Å². The van der Waals surface area contributed by atoms with Crippen LogP contribution >= 0.6 is 0 Å². The Morgan fingerprint density at radius 1 is 1.00 bits per heavy atom. The van der Waals surface area contributed by atoms with Gasteiger partial charge in [-0.05, 0) is 55.3 Å². The first kappa shape index (κ1) is 24.2. The molecule has 0 radical (unpaired) electrons. The highest BCUT2D eigenvalue weighted by Gasteiger charge is 2.23. The quantitative estimate of drug-likeness (QED) is 0.268. The van der Waals surface area contributed by atoms with Crippen LogP contribution in [0.4, 0.5) is 0 Å². The van der Waals surface area contributed by atoms with Gasteiger partial charge in [0.15, 0.2) is 11.6 Å². The molecule has 0 spiro atoms. The number of ketones is 2. The zero-order valence-corrected chi connectivity index (χ0v) is 21.2. The van der Waals surface area contributed by atoms with E-state index in [2.05, 4.69) is 29.8 Å². The summed E-state index contributed by atoms with van der Waals surface area (Å²) in [6.07, 6.45) is 9.08. The van der Waals surface area contributed by atoms with Gasteiger partial charge in [0, 0.05) is 42.5 Å². The predicted octanol–water partition coefficient (Wildman–Crippen LogP) is 5.13. The van der Waals surface area contributed by atoms with Crippen LogP contribution < -0.4 is 0 Å². The number of nitrogens with one attached hydrogen (secondary N) is 2. The average molecular weight is 507 g/mol. The highest BCUT2D eigenvalue weighted by Crippen LogP contribution is 2.25. The minimum Gasteiger partial charge on any atom is -0.348 e. The number of nitrogens with zero attached hydrogens (tertiary/aromatic N) is 4. The molecule has 1 fully saturated rings. The van der Waals surface area contributed by atoms with Gasteiger partial charge in [-0.15, -0.1) is 0 Å². The Labute approximate surface area is 220 Å². The van der Waals surface area contributed by atoms with Gasteiger partial charge in [-0.25, -0.2) is 9.97 Å². The van der Waals surface area contributed by atoms with Gasteiger partial charge in [0.25, 0.3) is 0 Å². The molecule has 0 amide bonds. The van der Waals surface area contributed by atoms with Crippen molar-refractivity contribution in [1.82, 2.24) is 29.8 Å². The van der Waals surface area contributed by atoms with Crippen molar-refractivity contribution in [2.24, 2.45) is 5.92 Å². The van der Waals surface area contributed by atoms with E-state index in [0.717, 1.165) is 61.0 Å². The number of para-hydroxylation sites is 1. The number of aromatic amines is 2. The van der Waals surface area contributed by atoms with Crippen LogP contribution in [0.1, 0.15) is 58.2 Å². The number of rotatable bonds is 9. The second kappa shape index (κ2) is 10.7. The molecule has 0 aliphatic carbocycles. The molecule has 1 unspecified atom stereocenters. The molecule has 2 aromatic carbocycles. The molecule has 4 heterocycles. The van der Waals surface area contributed by atoms with E-state index in [1.807, 2.05) is 54.7 Å². The highest BCUT2D eigenvalue weighted by molar-refractivity contribution is 6.06. The first-order chi connectivity index (χ1) is 18.6. The van der Waals surface area contributed by atoms with Gasteiger partial charge in [0.2, 0.25) is 0 Å². The number of aromatic nitrogens is 5. The van der Waals surface area contributed by atoms with Gasteiger partial charge in [-0.2, -0.15) is 0 Å². The van der Waals surface area contributed by atoms with Crippen LogP contribution in [0, 0.1) is 5.92 Å². The number of hydrogen-bond acceptors (Lipinski definition) is 6. The van der Waals surface area contributed by atoms with Gasteiger partial charge in [-0.1, -0.05) is 30.3 Å². The second-order valence-corrected chi connectivity index (χ2v) is 10.1. The number of carbonyl (C=O) groups is 2. The summed E-state index contributed by atoms with van der Waals surface area (Å²) < 4.78 is 0. The molecule has 38 heavy (non-hydrogen) atoms. The number of hydrogen-bond donors (Lipinski definition) is 2. The molecule has 0 saturated carbocycles. The van der Waals surface area contributed by atoms with Crippen molar-refractivity contribution in [1.29, 1.82) is 0 Å². The molecular formula is C30H30N6O2. The molecule has 3 aromatic heterocycles. The Balaban J connectivity index is 1.11. The van der Waals surface area contributed by atoms with Crippen LogP contribution in [0.15, 0.2) is 67.1 Å². The topological polar surface area (TPSA) is 108 Å². The molecule has 0 bridgehead atoms. The number of imidazole rings is 2. The third-order valence-electron chi connectivity index (χ3n) is 7.42. The van der Waals surface area contributed by atoms with E-state index in [0.29, 0.717) is 34.9 Å². The summed E-state index contributed by atoms with van der Waals surface area (Å²) in [7, 11) is 0. The maximum Gasteiger partial charge on any atom is 0.188 e. The summed E-state index contributed by atoms with van der Waals surface area (Å²) in [5.41, 5.74) is 2.43. The Bertz CT molecular complexity index is 1590. The number of H-pyrrole nitrogens is 2. The van der Waals surface area contributed by atoms with Crippen LogP contribution in [0.25, 0.3) is 21.8 Å². The fourth-order valence-electron chi connectivity index (χ4n) is 5.47. The molecule has 8 nitrogen and oxygen atoms in total. The molecule has 192 valence electrons. The fraction of sp³-hybridized carbons (Fsp3) is 0.300. The van der Waals surface area contributed by atoms with E-state index in [1.165, 1.54) is 0 Å². The number of pyridine rings is 1. The van der Waals surface area contributed by atoms with Crippen LogP contribution in [0.3, 0.4) is 0 Å². The number of carbonyl (C=O) groups excluding carboxylic acids is 2. The maximum absolute atomic E-state index is 13.3. The standard InChI is InChI=1S/C30H30N6O2/c37-26(11-10-20-5-4-14-36(18-20)19-29-31-12-13-32-29)23-8-3-9-24-30(23)35-28(34-24)16-27(38)25-15-21-6-1-2-7-22(21)17-33-25/h1-3,6-9,12-13,15,17,20H,4-5,10-11,14,16,18-19H2,(H,31,32)(H,34,35). The van der Waals surface area contributed by atoms with Crippen molar-refractivity contribution in [3.05, 3.63) is 90.0 Å². The van der Waals surface area contributed by atoms with Crippen molar-refractivity contribution >= 4 is 33.4 Å². The molecular weight excluding hydrogens is 476 g/mol. The van der Waals surface area contributed by atoms with Crippen molar-refractivity contribution in [2.45, 2.75) is 38.6 Å². The van der Waals surface area contributed by atoms with Crippen molar-refractivity contribution in [2.75, 3.05) is 13.1 Å². The molecule has 2 N–H and O–H groups in total. The summed E-state index contributed by atoms with van der Waals surface area (Å²) in [6, 6.07) is 15.3. The van der Waals surface area contributed by atoms with Crippen molar-refractivity contribution in [3.8, 4) is 0 Å².